The van der Waals surface area contributed by atoms with Crippen molar-refractivity contribution in [3.05, 3.63) is 30.0 Å². The van der Waals surface area contributed by atoms with Crippen LogP contribution >= 0.6 is 0 Å². The molecule has 0 radical (unpaired) electrons. The van der Waals surface area contributed by atoms with E-state index in [1.165, 1.54) is 0 Å². The van der Waals surface area contributed by atoms with Crippen LogP contribution in [0.2, 0.25) is 0 Å². The summed E-state index contributed by atoms with van der Waals surface area (Å²) < 4.78 is 4.91. The van der Waals surface area contributed by atoms with Crippen molar-refractivity contribution in [1.29, 1.82) is 0 Å². The van der Waals surface area contributed by atoms with E-state index in [4.69, 9.17) is 4.74 Å². The standard InChI is InChI=1S/C9H11NO/c1-3-4-8-5-6-9(11-2)10-7-8/h3-7H,1-2H3/b4-3+. The number of methoxy groups -OCH3 is 1. The van der Waals surface area contributed by atoms with Crippen molar-refractivity contribution in [2.24, 2.45) is 0 Å². The molecule has 58 valence electrons. The summed E-state index contributed by atoms with van der Waals surface area (Å²) in [6.45, 7) is 1.98. The van der Waals surface area contributed by atoms with Crippen LogP contribution in [-0.4, -0.2) is 12.1 Å². The maximum absolute atomic E-state index is 4.91. The predicted molar refractivity (Wildman–Crippen MR) is 45.5 cm³/mol. The highest BCUT2D eigenvalue weighted by Gasteiger charge is 1.89. The van der Waals surface area contributed by atoms with Gasteiger partial charge in [-0.05, 0) is 18.6 Å². The van der Waals surface area contributed by atoms with E-state index in [9.17, 15) is 0 Å². The Morgan fingerprint density at radius 3 is 2.73 bits per heavy atom. The van der Waals surface area contributed by atoms with Crippen molar-refractivity contribution in [1.82, 2.24) is 4.98 Å². The number of nitrogens with zero attached hydrogens (tertiary/aromatic N) is 1. The van der Waals surface area contributed by atoms with E-state index in [0.717, 1.165) is 5.56 Å². The van der Waals surface area contributed by atoms with Gasteiger partial charge in [0.05, 0.1) is 7.11 Å². The third-order valence-electron chi connectivity index (χ3n) is 1.33. The van der Waals surface area contributed by atoms with Gasteiger partial charge in [-0.3, -0.25) is 0 Å². The number of hydrogen-bond acceptors (Lipinski definition) is 2. The van der Waals surface area contributed by atoms with Gasteiger partial charge in [-0.25, -0.2) is 4.98 Å². The van der Waals surface area contributed by atoms with Crippen LogP contribution in [-0.2, 0) is 0 Å². The van der Waals surface area contributed by atoms with Gasteiger partial charge in [-0.1, -0.05) is 12.2 Å². The zero-order valence-corrected chi connectivity index (χ0v) is 6.74. The average molecular weight is 149 g/mol. The van der Waals surface area contributed by atoms with Crippen molar-refractivity contribution in [2.75, 3.05) is 7.11 Å². The predicted octanol–water partition coefficient (Wildman–Crippen LogP) is 2.12. The monoisotopic (exact) mass is 149 g/mol. The highest BCUT2D eigenvalue weighted by molar-refractivity contribution is 5.47. The molecule has 0 amide bonds. The lowest BCUT2D eigenvalue weighted by atomic mass is 10.3. The summed E-state index contributed by atoms with van der Waals surface area (Å²) in [5.41, 5.74) is 1.09. The minimum Gasteiger partial charge on any atom is -0.481 e. The lowest BCUT2D eigenvalue weighted by molar-refractivity contribution is 0.398. The van der Waals surface area contributed by atoms with Gasteiger partial charge in [-0.15, -0.1) is 0 Å². The molecule has 0 saturated carbocycles. The largest absolute Gasteiger partial charge is 0.481 e. The van der Waals surface area contributed by atoms with Gasteiger partial charge < -0.3 is 4.74 Å². The second-order valence-electron chi connectivity index (χ2n) is 2.13. The van der Waals surface area contributed by atoms with Crippen LogP contribution in [0.5, 0.6) is 5.88 Å². The van der Waals surface area contributed by atoms with Crippen molar-refractivity contribution >= 4 is 6.08 Å². The molecule has 0 spiro atoms. The fraction of sp³-hybridized carbons (Fsp3) is 0.222. The Morgan fingerprint density at radius 2 is 2.27 bits per heavy atom. The molecule has 11 heavy (non-hydrogen) atoms. The Hall–Kier alpha value is -1.31. The topological polar surface area (TPSA) is 22.1 Å². The van der Waals surface area contributed by atoms with Crippen LogP contribution < -0.4 is 4.74 Å². The minimum atomic E-state index is 0.651. The first-order valence-electron chi connectivity index (χ1n) is 3.49. The first-order valence-corrected chi connectivity index (χ1v) is 3.49. The molecule has 0 atom stereocenters. The number of hydrogen-bond donors (Lipinski definition) is 0. The van der Waals surface area contributed by atoms with Gasteiger partial charge in [-0.2, -0.15) is 0 Å². The van der Waals surface area contributed by atoms with E-state index in [1.54, 1.807) is 13.3 Å². The zero-order valence-electron chi connectivity index (χ0n) is 6.74. The summed E-state index contributed by atoms with van der Waals surface area (Å²) in [6.07, 6.45) is 5.74. The fourth-order valence-electron chi connectivity index (χ4n) is 0.804. The van der Waals surface area contributed by atoms with E-state index >= 15 is 0 Å². The molecular weight excluding hydrogens is 138 g/mol. The highest BCUT2D eigenvalue weighted by Crippen LogP contribution is 2.07. The molecule has 1 aromatic heterocycles. The smallest absolute Gasteiger partial charge is 0.212 e. The first kappa shape index (κ1) is 7.79. The Kier molecular flexibility index (Phi) is 2.66. The van der Waals surface area contributed by atoms with Gasteiger partial charge in [0.2, 0.25) is 5.88 Å². The third kappa shape index (κ3) is 2.08. The number of rotatable bonds is 2. The van der Waals surface area contributed by atoms with Crippen molar-refractivity contribution < 1.29 is 4.74 Å². The molecule has 0 saturated heterocycles. The lowest BCUT2D eigenvalue weighted by Gasteiger charge is -1.96. The van der Waals surface area contributed by atoms with Gasteiger partial charge in [0.15, 0.2) is 0 Å². The van der Waals surface area contributed by atoms with E-state index < -0.39 is 0 Å². The van der Waals surface area contributed by atoms with Crippen LogP contribution in [0, 0.1) is 0 Å². The molecule has 0 aliphatic heterocycles. The van der Waals surface area contributed by atoms with Crippen molar-refractivity contribution in [2.45, 2.75) is 6.92 Å². The molecule has 0 aliphatic carbocycles. The zero-order chi connectivity index (χ0) is 8.10. The highest BCUT2D eigenvalue weighted by atomic mass is 16.5. The maximum atomic E-state index is 4.91. The summed E-state index contributed by atoms with van der Waals surface area (Å²) in [5, 5.41) is 0. The molecular formula is C9H11NO. The molecule has 1 aromatic rings. The fourth-order valence-corrected chi connectivity index (χ4v) is 0.804. The molecule has 0 N–H and O–H groups in total. The van der Waals surface area contributed by atoms with Gasteiger partial charge in [0, 0.05) is 12.3 Å². The van der Waals surface area contributed by atoms with E-state index in [1.807, 2.05) is 31.2 Å². The van der Waals surface area contributed by atoms with Crippen molar-refractivity contribution in [3.8, 4) is 5.88 Å². The van der Waals surface area contributed by atoms with Crippen LogP contribution in [0.3, 0.4) is 0 Å². The Morgan fingerprint density at radius 1 is 1.45 bits per heavy atom. The Labute approximate surface area is 66.5 Å². The lowest BCUT2D eigenvalue weighted by Crippen LogP contribution is -1.85. The SMILES string of the molecule is C/C=C/c1ccc(OC)nc1. The summed E-state index contributed by atoms with van der Waals surface area (Å²) in [6, 6.07) is 3.81. The quantitative estimate of drug-likeness (QED) is 0.642. The number of pyridine rings is 1. The summed E-state index contributed by atoms with van der Waals surface area (Å²) in [4.78, 5) is 4.04. The number of allylic oxidation sites excluding steroid dienone is 1. The average Bonchev–Trinajstić information content (AvgIpc) is 2.07. The molecule has 1 rings (SSSR count). The van der Waals surface area contributed by atoms with Gasteiger partial charge in [0.25, 0.3) is 0 Å². The molecule has 0 unspecified atom stereocenters. The Balaban J connectivity index is 2.82. The molecule has 0 aliphatic rings. The van der Waals surface area contributed by atoms with Crippen LogP contribution in [0.25, 0.3) is 6.08 Å². The molecule has 2 heteroatoms. The van der Waals surface area contributed by atoms with E-state index in [0.29, 0.717) is 5.88 Å². The maximum Gasteiger partial charge on any atom is 0.212 e. The summed E-state index contributed by atoms with van der Waals surface area (Å²) in [7, 11) is 1.61. The van der Waals surface area contributed by atoms with Gasteiger partial charge in [0.1, 0.15) is 0 Å². The molecule has 0 fully saturated rings. The first-order chi connectivity index (χ1) is 5.36. The van der Waals surface area contributed by atoms with E-state index in [2.05, 4.69) is 4.98 Å². The summed E-state index contributed by atoms with van der Waals surface area (Å²) in [5.74, 6) is 0.651. The third-order valence-corrected chi connectivity index (χ3v) is 1.33. The normalized spacial score (nSPS) is 10.4. The minimum absolute atomic E-state index is 0.651. The van der Waals surface area contributed by atoms with Crippen LogP contribution in [0.15, 0.2) is 24.4 Å². The van der Waals surface area contributed by atoms with Gasteiger partial charge >= 0.3 is 0 Å². The molecule has 0 aromatic carbocycles. The van der Waals surface area contributed by atoms with Crippen molar-refractivity contribution in [3.63, 3.8) is 0 Å². The molecule has 0 bridgehead atoms. The molecule has 1 heterocycles. The summed E-state index contributed by atoms with van der Waals surface area (Å²) >= 11 is 0. The second kappa shape index (κ2) is 3.76. The second-order valence-corrected chi connectivity index (χ2v) is 2.13. The number of ether oxygens (including phenoxy) is 1. The Bertz CT molecular complexity index is 238. The van der Waals surface area contributed by atoms with Crippen LogP contribution in [0.1, 0.15) is 12.5 Å². The number of aromatic nitrogens is 1. The molecule has 2 nitrogen and oxygen atoms in total. The van der Waals surface area contributed by atoms with E-state index in [-0.39, 0.29) is 0 Å². The van der Waals surface area contributed by atoms with Crippen LogP contribution in [0.4, 0.5) is 0 Å².